The highest BCUT2D eigenvalue weighted by Crippen LogP contribution is 2.08. The Balaban J connectivity index is 2.38. The van der Waals surface area contributed by atoms with E-state index >= 15 is 0 Å². The molecule has 0 bridgehead atoms. The molecule has 0 aromatic carbocycles. The van der Waals surface area contributed by atoms with Crippen LogP contribution in [0.5, 0.6) is 0 Å². The maximum absolute atomic E-state index is 11.4. The summed E-state index contributed by atoms with van der Waals surface area (Å²) in [6.07, 6.45) is 0. The standard InChI is InChI=1S/C9H10ClNO3S/c1-14-9(13)6(10)5-11-8(12)7-3-2-4-15-7/h2-4,6H,5H2,1H3,(H,11,12). The summed E-state index contributed by atoms with van der Waals surface area (Å²) in [5.74, 6) is -0.789. The van der Waals surface area contributed by atoms with E-state index in [1.165, 1.54) is 18.4 Å². The molecule has 82 valence electrons. The summed E-state index contributed by atoms with van der Waals surface area (Å²) in [6.45, 7) is 0.0605. The van der Waals surface area contributed by atoms with Crippen LogP contribution in [0, 0.1) is 0 Å². The van der Waals surface area contributed by atoms with Crippen molar-refractivity contribution in [3.8, 4) is 0 Å². The molecule has 1 N–H and O–H groups in total. The lowest BCUT2D eigenvalue weighted by Gasteiger charge is -2.07. The van der Waals surface area contributed by atoms with Crippen molar-refractivity contribution in [2.45, 2.75) is 5.38 Å². The summed E-state index contributed by atoms with van der Waals surface area (Å²) in [7, 11) is 1.25. The number of esters is 1. The Hall–Kier alpha value is -1.07. The van der Waals surface area contributed by atoms with Gasteiger partial charge in [0.2, 0.25) is 0 Å². The molecule has 1 heterocycles. The monoisotopic (exact) mass is 247 g/mol. The van der Waals surface area contributed by atoms with Crippen LogP contribution in [0.2, 0.25) is 0 Å². The Morgan fingerprint density at radius 2 is 2.40 bits per heavy atom. The molecule has 15 heavy (non-hydrogen) atoms. The van der Waals surface area contributed by atoms with Crippen molar-refractivity contribution in [3.63, 3.8) is 0 Å². The van der Waals surface area contributed by atoms with Crippen LogP contribution in [0.4, 0.5) is 0 Å². The zero-order valence-electron chi connectivity index (χ0n) is 8.03. The van der Waals surface area contributed by atoms with Gasteiger partial charge < -0.3 is 10.1 Å². The lowest BCUT2D eigenvalue weighted by Crippen LogP contribution is -2.33. The molecule has 1 aromatic heterocycles. The minimum atomic E-state index is -0.848. The van der Waals surface area contributed by atoms with Crippen molar-refractivity contribution in [1.29, 1.82) is 0 Å². The summed E-state index contributed by atoms with van der Waals surface area (Å²) in [5, 5.41) is 3.49. The van der Waals surface area contributed by atoms with Gasteiger partial charge in [-0.2, -0.15) is 0 Å². The van der Waals surface area contributed by atoms with Crippen LogP contribution in [-0.4, -0.2) is 30.9 Å². The van der Waals surface area contributed by atoms with Gasteiger partial charge in [0.1, 0.15) is 5.38 Å². The van der Waals surface area contributed by atoms with E-state index in [-0.39, 0.29) is 12.5 Å². The van der Waals surface area contributed by atoms with Crippen LogP contribution >= 0.6 is 22.9 Å². The molecule has 1 aromatic rings. The van der Waals surface area contributed by atoms with Gasteiger partial charge >= 0.3 is 5.97 Å². The number of nitrogens with one attached hydrogen (secondary N) is 1. The Bertz CT molecular complexity index is 339. The first-order valence-corrected chi connectivity index (χ1v) is 5.50. The van der Waals surface area contributed by atoms with E-state index < -0.39 is 11.3 Å². The van der Waals surface area contributed by atoms with E-state index in [0.29, 0.717) is 4.88 Å². The number of amides is 1. The lowest BCUT2D eigenvalue weighted by molar-refractivity contribution is -0.140. The van der Waals surface area contributed by atoms with Gasteiger partial charge in [-0.3, -0.25) is 9.59 Å². The molecule has 1 atom stereocenters. The number of hydrogen-bond donors (Lipinski definition) is 1. The van der Waals surface area contributed by atoms with Crippen molar-refractivity contribution in [3.05, 3.63) is 22.4 Å². The minimum Gasteiger partial charge on any atom is -0.468 e. The van der Waals surface area contributed by atoms with E-state index in [1.54, 1.807) is 17.5 Å². The van der Waals surface area contributed by atoms with Gasteiger partial charge in [0.05, 0.1) is 12.0 Å². The van der Waals surface area contributed by atoms with Crippen LogP contribution in [-0.2, 0) is 9.53 Å². The lowest BCUT2D eigenvalue weighted by atomic mass is 10.4. The number of ether oxygens (including phenoxy) is 1. The average molecular weight is 248 g/mol. The molecule has 0 spiro atoms. The van der Waals surface area contributed by atoms with Crippen molar-refractivity contribution < 1.29 is 14.3 Å². The average Bonchev–Trinajstić information content (AvgIpc) is 2.77. The summed E-state index contributed by atoms with van der Waals surface area (Å²) in [6, 6.07) is 3.47. The van der Waals surface area contributed by atoms with E-state index in [0.717, 1.165) is 0 Å². The molecule has 0 saturated carbocycles. The van der Waals surface area contributed by atoms with Gasteiger partial charge in [-0.05, 0) is 11.4 Å². The summed E-state index contributed by atoms with van der Waals surface area (Å²) < 4.78 is 4.42. The smallest absolute Gasteiger partial charge is 0.325 e. The number of thiophene rings is 1. The second kappa shape index (κ2) is 5.72. The quantitative estimate of drug-likeness (QED) is 0.644. The van der Waals surface area contributed by atoms with E-state index in [2.05, 4.69) is 10.1 Å². The number of hydrogen-bond acceptors (Lipinski definition) is 4. The first kappa shape index (κ1) is 12.0. The summed E-state index contributed by atoms with van der Waals surface area (Å²) >= 11 is 6.98. The molecule has 0 aliphatic heterocycles. The molecule has 0 aliphatic rings. The molecule has 4 nitrogen and oxygen atoms in total. The number of rotatable bonds is 4. The third-order valence-electron chi connectivity index (χ3n) is 1.64. The van der Waals surface area contributed by atoms with E-state index in [1.807, 2.05) is 0 Å². The topological polar surface area (TPSA) is 55.4 Å². The third kappa shape index (κ3) is 3.53. The van der Waals surface area contributed by atoms with E-state index in [4.69, 9.17) is 11.6 Å². The number of carbonyl (C=O) groups excluding carboxylic acids is 2. The summed E-state index contributed by atoms with van der Waals surface area (Å²) in [4.78, 5) is 22.9. The molecular weight excluding hydrogens is 238 g/mol. The fourth-order valence-electron chi connectivity index (χ4n) is 0.888. The number of alkyl halides is 1. The molecule has 0 aliphatic carbocycles. The Labute approximate surface area is 96.2 Å². The third-order valence-corrected chi connectivity index (χ3v) is 2.84. The SMILES string of the molecule is COC(=O)C(Cl)CNC(=O)c1cccs1. The summed E-state index contributed by atoms with van der Waals surface area (Å²) in [5.41, 5.74) is 0. The van der Waals surface area contributed by atoms with Crippen LogP contribution in [0.15, 0.2) is 17.5 Å². The predicted molar refractivity (Wildman–Crippen MR) is 58.3 cm³/mol. The Morgan fingerprint density at radius 1 is 1.67 bits per heavy atom. The Morgan fingerprint density at radius 3 is 2.93 bits per heavy atom. The first-order chi connectivity index (χ1) is 7.15. The zero-order valence-corrected chi connectivity index (χ0v) is 9.60. The highest BCUT2D eigenvalue weighted by Gasteiger charge is 2.17. The first-order valence-electron chi connectivity index (χ1n) is 4.18. The fourth-order valence-corrected chi connectivity index (χ4v) is 1.69. The molecule has 0 saturated heterocycles. The van der Waals surface area contributed by atoms with Gasteiger partial charge in [0.25, 0.3) is 5.91 Å². The molecule has 1 rings (SSSR count). The minimum absolute atomic E-state index is 0.0605. The van der Waals surface area contributed by atoms with Gasteiger partial charge in [0, 0.05) is 6.54 Å². The highest BCUT2D eigenvalue weighted by atomic mass is 35.5. The maximum Gasteiger partial charge on any atom is 0.325 e. The Kier molecular flexibility index (Phi) is 4.58. The molecule has 6 heteroatoms. The second-order valence-electron chi connectivity index (χ2n) is 2.68. The number of halogens is 1. The fraction of sp³-hybridized carbons (Fsp3) is 0.333. The van der Waals surface area contributed by atoms with Crippen LogP contribution < -0.4 is 5.32 Å². The highest BCUT2D eigenvalue weighted by molar-refractivity contribution is 7.12. The molecular formula is C9H10ClNO3S. The van der Waals surface area contributed by atoms with Gasteiger partial charge in [-0.25, -0.2) is 0 Å². The van der Waals surface area contributed by atoms with Crippen molar-refractivity contribution in [1.82, 2.24) is 5.32 Å². The van der Waals surface area contributed by atoms with Crippen LogP contribution in [0.3, 0.4) is 0 Å². The van der Waals surface area contributed by atoms with Gasteiger partial charge in [-0.1, -0.05) is 6.07 Å². The van der Waals surface area contributed by atoms with Gasteiger partial charge in [0.15, 0.2) is 0 Å². The van der Waals surface area contributed by atoms with Crippen LogP contribution in [0.1, 0.15) is 9.67 Å². The molecule has 0 radical (unpaired) electrons. The zero-order chi connectivity index (χ0) is 11.3. The molecule has 1 amide bonds. The van der Waals surface area contributed by atoms with Gasteiger partial charge in [-0.15, -0.1) is 22.9 Å². The molecule has 0 fully saturated rings. The van der Waals surface area contributed by atoms with Crippen molar-refractivity contribution in [2.75, 3.05) is 13.7 Å². The van der Waals surface area contributed by atoms with Crippen molar-refractivity contribution in [2.24, 2.45) is 0 Å². The van der Waals surface area contributed by atoms with Crippen LogP contribution in [0.25, 0.3) is 0 Å². The maximum atomic E-state index is 11.4. The molecule has 1 unspecified atom stereocenters. The number of methoxy groups -OCH3 is 1. The van der Waals surface area contributed by atoms with Crippen molar-refractivity contribution >= 4 is 34.8 Å². The largest absolute Gasteiger partial charge is 0.468 e. The second-order valence-corrected chi connectivity index (χ2v) is 4.15. The van der Waals surface area contributed by atoms with E-state index in [9.17, 15) is 9.59 Å². The predicted octanol–water partition coefficient (Wildman–Crippen LogP) is 1.26. The normalized spacial score (nSPS) is 11.9. The number of carbonyl (C=O) groups is 2.